The third-order valence-electron chi connectivity index (χ3n) is 1.52. The van der Waals surface area contributed by atoms with E-state index < -0.39 is 6.10 Å². The zero-order chi connectivity index (χ0) is 7.82. The summed E-state index contributed by atoms with van der Waals surface area (Å²) in [7, 11) is 0. The molecule has 0 aliphatic heterocycles. The lowest BCUT2D eigenvalue weighted by Gasteiger charge is -2.00. The normalized spacial score (nSPS) is 12.5. The maximum Gasteiger partial charge on any atom is 0.114 e. The lowest BCUT2D eigenvalue weighted by atomic mass is 10.1. The number of hydrogen-bond acceptors (Lipinski definition) is 1. The van der Waals surface area contributed by atoms with Gasteiger partial charge in [-0.2, -0.15) is 0 Å². The van der Waals surface area contributed by atoms with E-state index >= 15 is 0 Å². The second-order valence-corrected chi connectivity index (χ2v) is 2.53. The molecule has 0 radical (unpaired) electrons. The summed E-state index contributed by atoms with van der Waals surface area (Å²) in [6.45, 7) is 2.16. The maximum atomic E-state index is 8.92. The van der Waals surface area contributed by atoms with E-state index in [4.69, 9.17) is 11.5 Å². The van der Waals surface area contributed by atoms with E-state index in [2.05, 4.69) is 12.8 Å². The minimum absolute atomic E-state index is 0.517. The van der Waals surface area contributed by atoms with E-state index in [0.29, 0.717) is 0 Å². The highest BCUT2D eigenvalue weighted by molar-refractivity contribution is 4.92. The van der Waals surface area contributed by atoms with E-state index in [1.165, 1.54) is 19.3 Å². The molecule has 0 aromatic heterocycles. The molecule has 58 valence electrons. The second-order valence-electron chi connectivity index (χ2n) is 2.53. The van der Waals surface area contributed by atoms with Gasteiger partial charge in [-0.3, -0.25) is 0 Å². The summed E-state index contributed by atoms with van der Waals surface area (Å²) in [5.74, 6) is 2.30. The van der Waals surface area contributed by atoms with Crippen molar-refractivity contribution in [1.29, 1.82) is 0 Å². The Kier molecular flexibility index (Phi) is 6.32. The van der Waals surface area contributed by atoms with E-state index in [9.17, 15) is 0 Å². The number of rotatable bonds is 5. The van der Waals surface area contributed by atoms with E-state index in [0.717, 1.165) is 12.8 Å². The molecule has 0 aliphatic rings. The van der Waals surface area contributed by atoms with Gasteiger partial charge in [-0.1, -0.05) is 32.1 Å². The molecule has 0 bridgehead atoms. The molecule has 0 fully saturated rings. The van der Waals surface area contributed by atoms with Gasteiger partial charge in [-0.15, -0.1) is 6.42 Å². The summed E-state index contributed by atoms with van der Waals surface area (Å²) in [6.07, 6.45) is 9.95. The zero-order valence-electron chi connectivity index (χ0n) is 6.64. The molecule has 1 atom stereocenters. The van der Waals surface area contributed by atoms with Crippen molar-refractivity contribution < 1.29 is 5.11 Å². The Morgan fingerprint density at radius 3 is 2.60 bits per heavy atom. The van der Waals surface area contributed by atoms with Gasteiger partial charge in [0.05, 0.1) is 0 Å². The van der Waals surface area contributed by atoms with Crippen LogP contribution in [0.25, 0.3) is 0 Å². The van der Waals surface area contributed by atoms with Crippen molar-refractivity contribution >= 4 is 0 Å². The Bertz CT molecular complexity index is 102. The molecule has 0 aromatic rings. The number of aliphatic hydroxyl groups excluding tert-OH is 1. The van der Waals surface area contributed by atoms with Crippen LogP contribution in [0.1, 0.15) is 39.0 Å². The fourth-order valence-corrected chi connectivity index (χ4v) is 0.848. The fourth-order valence-electron chi connectivity index (χ4n) is 0.848. The van der Waals surface area contributed by atoms with Crippen LogP contribution in [-0.2, 0) is 0 Å². The van der Waals surface area contributed by atoms with Gasteiger partial charge in [0, 0.05) is 0 Å². The Labute approximate surface area is 63.5 Å². The molecule has 0 amide bonds. The Hall–Kier alpha value is -0.480. The fraction of sp³-hybridized carbons (Fsp3) is 0.778. The molecule has 0 aromatic carbocycles. The van der Waals surface area contributed by atoms with Gasteiger partial charge in [0.25, 0.3) is 0 Å². The maximum absolute atomic E-state index is 8.92. The predicted octanol–water partition coefficient (Wildman–Crippen LogP) is 1.95. The number of terminal acetylenes is 1. The van der Waals surface area contributed by atoms with Gasteiger partial charge in [-0.25, -0.2) is 0 Å². The number of aliphatic hydroxyl groups is 1. The van der Waals surface area contributed by atoms with Gasteiger partial charge >= 0.3 is 0 Å². The molecule has 0 saturated heterocycles. The second kappa shape index (κ2) is 6.64. The average molecular weight is 140 g/mol. The van der Waals surface area contributed by atoms with Crippen molar-refractivity contribution in [2.45, 2.75) is 45.1 Å². The van der Waals surface area contributed by atoms with Crippen LogP contribution >= 0.6 is 0 Å². The molecule has 1 unspecified atom stereocenters. The van der Waals surface area contributed by atoms with Gasteiger partial charge in [-0.05, 0) is 12.8 Å². The predicted molar refractivity (Wildman–Crippen MR) is 43.6 cm³/mol. The summed E-state index contributed by atoms with van der Waals surface area (Å²) in [4.78, 5) is 0. The monoisotopic (exact) mass is 140 g/mol. The summed E-state index contributed by atoms with van der Waals surface area (Å²) in [5, 5.41) is 8.92. The summed E-state index contributed by atoms with van der Waals surface area (Å²) in [6, 6.07) is 0. The Balaban J connectivity index is 2.98. The summed E-state index contributed by atoms with van der Waals surface area (Å²) < 4.78 is 0. The van der Waals surface area contributed by atoms with Crippen LogP contribution < -0.4 is 0 Å². The Morgan fingerprint density at radius 2 is 2.10 bits per heavy atom. The van der Waals surface area contributed by atoms with Crippen molar-refractivity contribution in [3.63, 3.8) is 0 Å². The van der Waals surface area contributed by atoms with E-state index in [1.807, 2.05) is 0 Å². The minimum atomic E-state index is -0.517. The smallest absolute Gasteiger partial charge is 0.114 e. The van der Waals surface area contributed by atoms with Gasteiger partial charge in [0.2, 0.25) is 0 Å². The van der Waals surface area contributed by atoms with Gasteiger partial charge < -0.3 is 5.11 Å². The summed E-state index contributed by atoms with van der Waals surface area (Å²) in [5.41, 5.74) is 0. The number of hydrogen-bond donors (Lipinski definition) is 1. The van der Waals surface area contributed by atoms with Crippen molar-refractivity contribution in [2.75, 3.05) is 0 Å². The molecule has 0 rings (SSSR count). The first-order valence-corrected chi connectivity index (χ1v) is 3.95. The highest BCUT2D eigenvalue weighted by Gasteiger charge is 1.96. The molecule has 0 saturated carbocycles. The van der Waals surface area contributed by atoms with Crippen LogP contribution in [0.5, 0.6) is 0 Å². The highest BCUT2D eigenvalue weighted by atomic mass is 16.3. The molecule has 10 heavy (non-hydrogen) atoms. The zero-order valence-corrected chi connectivity index (χ0v) is 6.64. The molecule has 1 N–H and O–H groups in total. The molecule has 0 aliphatic carbocycles. The number of unbranched alkanes of at least 4 members (excludes halogenated alkanes) is 3. The van der Waals surface area contributed by atoms with E-state index in [1.54, 1.807) is 0 Å². The SMILES string of the molecule is C#CC(O)CCCCCC. The van der Waals surface area contributed by atoms with E-state index in [-0.39, 0.29) is 0 Å². The first-order chi connectivity index (χ1) is 4.81. The molecule has 1 nitrogen and oxygen atoms in total. The van der Waals surface area contributed by atoms with Crippen molar-refractivity contribution in [2.24, 2.45) is 0 Å². The first-order valence-electron chi connectivity index (χ1n) is 3.95. The third kappa shape index (κ3) is 5.65. The van der Waals surface area contributed by atoms with Crippen molar-refractivity contribution in [3.8, 4) is 12.3 Å². The molecule has 1 heteroatoms. The molecule has 0 spiro atoms. The van der Waals surface area contributed by atoms with Crippen LogP contribution in [0.2, 0.25) is 0 Å². The van der Waals surface area contributed by atoms with Crippen LogP contribution in [0.4, 0.5) is 0 Å². The first kappa shape index (κ1) is 9.52. The van der Waals surface area contributed by atoms with Gasteiger partial charge in [0.15, 0.2) is 0 Å². The third-order valence-corrected chi connectivity index (χ3v) is 1.52. The van der Waals surface area contributed by atoms with Gasteiger partial charge in [0.1, 0.15) is 6.10 Å². The molecular weight excluding hydrogens is 124 g/mol. The standard InChI is InChI=1S/C9H16O/c1-3-5-6-7-8-9(10)4-2/h2,9-10H,3,5-8H2,1H3. The van der Waals surface area contributed by atoms with Crippen molar-refractivity contribution in [3.05, 3.63) is 0 Å². The Morgan fingerprint density at radius 1 is 1.40 bits per heavy atom. The average Bonchev–Trinajstić information content (AvgIpc) is 1.98. The van der Waals surface area contributed by atoms with Crippen LogP contribution in [0.3, 0.4) is 0 Å². The van der Waals surface area contributed by atoms with Crippen LogP contribution in [0.15, 0.2) is 0 Å². The minimum Gasteiger partial charge on any atom is -0.380 e. The molecule has 0 heterocycles. The van der Waals surface area contributed by atoms with Crippen LogP contribution in [-0.4, -0.2) is 11.2 Å². The summed E-state index contributed by atoms with van der Waals surface area (Å²) >= 11 is 0. The quantitative estimate of drug-likeness (QED) is 0.457. The lowest BCUT2D eigenvalue weighted by molar-refractivity contribution is 0.217. The molecular formula is C9H16O. The highest BCUT2D eigenvalue weighted by Crippen LogP contribution is 2.04. The lowest BCUT2D eigenvalue weighted by Crippen LogP contribution is -2.01. The largest absolute Gasteiger partial charge is 0.380 e. The van der Waals surface area contributed by atoms with Crippen molar-refractivity contribution in [1.82, 2.24) is 0 Å². The topological polar surface area (TPSA) is 20.2 Å². The van der Waals surface area contributed by atoms with Crippen LogP contribution in [0, 0.1) is 12.3 Å².